The van der Waals surface area contributed by atoms with Gasteiger partial charge in [-0.3, -0.25) is 9.89 Å². The van der Waals surface area contributed by atoms with E-state index < -0.39 is 0 Å². The van der Waals surface area contributed by atoms with Gasteiger partial charge in [0.05, 0.1) is 7.11 Å². The normalized spacial score (nSPS) is 10.5. The van der Waals surface area contributed by atoms with Gasteiger partial charge >= 0.3 is 0 Å². The Kier molecular flexibility index (Phi) is 3.79. The third-order valence-electron chi connectivity index (χ3n) is 2.67. The van der Waals surface area contributed by atoms with Crippen molar-refractivity contribution in [3.05, 3.63) is 35.7 Å². The van der Waals surface area contributed by atoms with Gasteiger partial charge in [-0.1, -0.05) is 13.8 Å². The van der Waals surface area contributed by atoms with Crippen LogP contribution in [0.3, 0.4) is 0 Å². The molecule has 0 saturated heterocycles. The molecule has 0 radical (unpaired) electrons. The molecule has 6 heteroatoms. The van der Waals surface area contributed by atoms with E-state index in [-0.39, 0.29) is 5.91 Å². The zero-order chi connectivity index (χ0) is 13.8. The number of anilines is 1. The summed E-state index contributed by atoms with van der Waals surface area (Å²) >= 11 is 0. The van der Waals surface area contributed by atoms with Crippen LogP contribution in [-0.2, 0) is 0 Å². The van der Waals surface area contributed by atoms with Crippen molar-refractivity contribution < 1.29 is 9.53 Å². The molecule has 6 nitrogen and oxygen atoms in total. The quantitative estimate of drug-likeness (QED) is 0.883. The zero-order valence-corrected chi connectivity index (χ0v) is 11.1. The van der Waals surface area contributed by atoms with Crippen molar-refractivity contribution in [3.63, 3.8) is 0 Å². The van der Waals surface area contributed by atoms with Gasteiger partial charge in [0.25, 0.3) is 5.91 Å². The Labute approximate surface area is 111 Å². The average molecular weight is 260 g/mol. The predicted molar refractivity (Wildman–Crippen MR) is 71.4 cm³/mol. The first-order valence-electron chi connectivity index (χ1n) is 5.97. The second kappa shape index (κ2) is 5.51. The molecule has 0 spiro atoms. The van der Waals surface area contributed by atoms with E-state index >= 15 is 0 Å². The first-order valence-corrected chi connectivity index (χ1v) is 5.97. The molecule has 100 valence electrons. The van der Waals surface area contributed by atoms with E-state index in [4.69, 9.17) is 4.74 Å². The molecule has 0 aliphatic rings. The molecule has 2 heterocycles. The molecule has 0 unspecified atom stereocenters. The lowest BCUT2D eigenvalue weighted by Crippen LogP contribution is -2.14. The van der Waals surface area contributed by atoms with Crippen molar-refractivity contribution in [3.8, 4) is 5.88 Å². The topological polar surface area (TPSA) is 79.9 Å². The van der Waals surface area contributed by atoms with Crippen LogP contribution in [0.2, 0.25) is 0 Å². The summed E-state index contributed by atoms with van der Waals surface area (Å²) < 4.78 is 5.05. The summed E-state index contributed by atoms with van der Waals surface area (Å²) in [4.78, 5) is 16.1. The number of carbonyl (C=O) groups is 1. The number of nitrogens with zero attached hydrogens (tertiary/aromatic N) is 2. The van der Waals surface area contributed by atoms with Crippen molar-refractivity contribution >= 4 is 11.7 Å². The molecule has 2 aromatic rings. The van der Waals surface area contributed by atoms with E-state index in [0.29, 0.717) is 23.2 Å². The third kappa shape index (κ3) is 2.90. The number of amides is 1. The number of rotatable bonds is 4. The Morgan fingerprint density at radius 3 is 2.89 bits per heavy atom. The second-order valence-corrected chi connectivity index (χ2v) is 4.38. The van der Waals surface area contributed by atoms with Crippen LogP contribution in [0.5, 0.6) is 5.88 Å². The molecule has 0 bridgehead atoms. The van der Waals surface area contributed by atoms with Crippen LogP contribution < -0.4 is 10.1 Å². The van der Waals surface area contributed by atoms with Crippen LogP contribution in [0.4, 0.5) is 5.82 Å². The maximum Gasteiger partial charge on any atom is 0.262 e. The maximum atomic E-state index is 12.1. The van der Waals surface area contributed by atoms with Gasteiger partial charge in [-0.15, -0.1) is 0 Å². The van der Waals surface area contributed by atoms with Gasteiger partial charge in [-0.05, 0) is 18.1 Å². The summed E-state index contributed by atoms with van der Waals surface area (Å²) in [6, 6.07) is 5.14. The van der Waals surface area contributed by atoms with E-state index in [9.17, 15) is 4.79 Å². The molecule has 0 aliphatic carbocycles. The van der Waals surface area contributed by atoms with Gasteiger partial charge < -0.3 is 10.1 Å². The number of methoxy groups -OCH3 is 1. The first-order chi connectivity index (χ1) is 9.11. The standard InChI is InChI=1S/C13H16N4O2/c1-8(2)10-7-11(17-16-10)15-12(18)9-5-4-6-14-13(9)19-3/h4-8H,1-3H3,(H2,15,16,17,18). The van der Waals surface area contributed by atoms with Gasteiger partial charge in [-0.2, -0.15) is 5.10 Å². The predicted octanol–water partition coefficient (Wildman–Crippen LogP) is 2.19. The highest BCUT2D eigenvalue weighted by atomic mass is 16.5. The first kappa shape index (κ1) is 13.1. The van der Waals surface area contributed by atoms with Crippen molar-refractivity contribution in [1.29, 1.82) is 0 Å². The van der Waals surface area contributed by atoms with E-state index in [0.717, 1.165) is 5.69 Å². The lowest BCUT2D eigenvalue weighted by Gasteiger charge is -2.05. The van der Waals surface area contributed by atoms with Crippen LogP contribution >= 0.6 is 0 Å². The highest BCUT2D eigenvalue weighted by Gasteiger charge is 2.14. The molecule has 2 N–H and O–H groups in total. The smallest absolute Gasteiger partial charge is 0.262 e. The summed E-state index contributed by atoms with van der Waals surface area (Å²) in [5, 5.41) is 9.63. The van der Waals surface area contributed by atoms with Crippen LogP contribution in [0.1, 0.15) is 35.8 Å². The Balaban J connectivity index is 2.16. The minimum atomic E-state index is -0.299. The number of hydrogen-bond donors (Lipinski definition) is 2. The van der Waals surface area contributed by atoms with Gasteiger partial charge in [0, 0.05) is 18.0 Å². The van der Waals surface area contributed by atoms with Crippen molar-refractivity contribution in [2.45, 2.75) is 19.8 Å². The van der Waals surface area contributed by atoms with E-state index in [1.165, 1.54) is 7.11 Å². The summed E-state index contributed by atoms with van der Waals surface area (Å²) in [6.45, 7) is 4.09. The fourth-order valence-corrected chi connectivity index (χ4v) is 1.61. The Morgan fingerprint density at radius 2 is 2.26 bits per heavy atom. The largest absolute Gasteiger partial charge is 0.480 e. The number of hydrogen-bond acceptors (Lipinski definition) is 4. The number of carbonyl (C=O) groups excluding carboxylic acids is 1. The lowest BCUT2D eigenvalue weighted by atomic mass is 10.1. The van der Waals surface area contributed by atoms with Crippen LogP contribution in [0.15, 0.2) is 24.4 Å². The monoisotopic (exact) mass is 260 g/mol. The van der Waals surface area contributed by atoms with Crippen molar-refractivity contribution in [2.75, 3.05) is 12.4 Å². The van der Waals surface area contributed by atoms with Crippen molar-refractivity contribution in [1.82, 2.24) is 15.2 Å². The molecule has 0 aromatic carbocycles. The molecule has 1 amide bonds. The van der Waals surface area contributed by atoms with Crippen molar-refractivity contribution in [2.24, 2.45) is 0 Å². The summed E-state index contributed by atoms with van der Waals surface area (Å²) in [5.74, 6) is 0.803. The van der Waals surface area contributed by atoms with E-state index in [1.807, 2.05) is 19.9 Å². The molecule has 0 aliphatic heterocycles. The van der Waals surface area contributed by atoms with Gasteiger partial charge in [0.1, 0.15) is 5.56 Å². The van der Waals surface area contributed by atoms with Crippen LogP contribution in [-0.4, -0.2) is 28.2 Å². The summed E-state index contributed by atoms with van der Waals surface area (Å²) in [7, 11) is 1.48. The Morgan fingerprint density at radius 1 is 1.47 bits per heavy atom. The minimum absolute atomic E-state index is 0.291. The number of pyridine rings is 1. The van der Waals surface area contributed by atoms with Crippen LogP contribution in [0, 0.1) is 0 Å². The average Bonchev–Trinajstić information content (AvgIpc) is 2.87. The van der Waals surface area contributed by atoms with E-state index in [2.05, 4.69) is 20.5 Å². The summed E-state index contributed by atoms with van der Waals surface area (Å²) in [6.07, 6.45) is 1.57. The lowest BCUT2D eigenvalue weighted by molar-refractivity contribution is 0.102. The second-order valence-electron chi connectivity index (χ2n) is 4.38. The number of nitrogens with one attached hydrogen (secondary N) is 2. The summed E-state index contributed by atoms with van der Waals surface area (Å²) in [5.41, 5.74) is 1.34. The van der Waals surface area contributed by atoms with Gasteiger partial charge in [0.15, 0.2) is 5.82 Å². The number of aromatic amines is 1. The van der Waals surface area contributed by atoms with E-state index in [1.54, 1.807) is 18.3 Å². The van der Waals surface area contributed by atoms with Gasteiger partial charge in [-0.25, -0.2) is 4.98 Å². The number of aromatic nitrogens is 3. The Bertz CT molecular complexity index is 578. The minimum Gasteiger partial charge on any atom is -0.480 e. The molecule has 19 heavy (non-hydrogen) atoms. The fourth-order valence-electron chi connectivity index (χ4n) is 1.61. The fraction of sp³-hybridized carbons (Fsp3) is 0.308. The molecule has 2 rings (SSSR count). The van der Waals surface area contributed by atoms with Crippen LogP contribution in [0.25, 0.3) is 0 Å². The highest BCUT2D eigenvalue weighted by molar-refractivity contribution is 6.05. The molecule has 0 saturated carbocycles. The highest BCUT2D eigenvalue weighted by Crippen LogP contribution is 2.18. The molecule has 2 aromatic heterocycles. The zero-order valence-electron chi connectivity index (χ0n) is 11.1. The maximum absolute atomic E-state index is 12.1. The number of H-pyrrole nitrogens is 1. The van der Waals surface area contributed by atoms with Gasteiger partial charge in [0.2, 0.25) is 5.88 Å². The molecular weight excluding hydrogens is 244 g/mol. The molecule has 0 atom stereocenters. The third-order valence-corrected chi connectivity index (χ3v) is 2.67. The molecular formula is C13H16N4O2. The molecule has 0 fully saturated rings. The SMILES string of the molecule is COc1ncccc1C(=O)Nc1cc(C(C)C)[nH]n1. The Hall–Kier alpha value is -2.37. The number of ether oxygens (including phenoxy) is 1.